The molecule has 1 amide bonds. The van der Waals surface area contributed by atoms with Gasteiger partial charge in [0.25, 0.3) is 10.0 Å². The second kappa shape index (κ2) is 10.5. The smallest absolute Gasteiger partial charge is 0.268 e. The van der Waals surface area contributed by atoms with Crippen LogP contribution in [0.15, 0.2) is 70.0 Å². The van der Waals surface area contributed by atoms with E-state index in [0.717, 1.165) is 14.3 Å². The fraction of sp³-hybridized carbons (Fsp3) is 0.174. The lowest BCUT2D eigenvalue weighted by Crippen LogP contribution is -2.38. The Morgan fingerprint density at radius 3 is 2.36 bits per heavy atom. The molecule has 174 valence electrons. The van der Waals surface area contributed by atoms with Crippen LogP contribution in [0.5, 0.6) is 11.5 Å². The molecule has 0 aliphatic carbocycles. The zero-order chi connectivity index (χ0) is 24.2. The minimum absolute atomic E-state index is 0.0628. The molecule has 0 radical (unpaired) electrons. The van der Waals surface area contributed by atoms with Crippen molar-refractivity contribution in [2.24, 2.45) is 0 Å². The number of benzene rings is 3. The average Bonchev–Trinajstić information content (AvgIpc) is 2.77. The fourth-order valence-electron chi connectivity index (χ4n) is 3.13. The molecule has 33 heavy (non-hydrogen) atoms. The number of hydrogen-bond donors (Lipinski definition) is 1. The summed E-state index contributed by atoms with van der Waals surface area (Å²) in [6.07, 6.45) is 0. The highest BCUT2D eigenvalue weighted by atomic mass is 79.9. The third kappa shape index (κ3) is 5.79. The molecule has 0 spiro atoms. The average molecular weight is 554 g/mol. The van der Waals surface area contributed by atoms with Crippen LogP contribution in [0.4, 0.5) is 11.4 Å². The first-order chi connectivity index (χ1) is 15.6. The van der Waals surface area contributed by atoms with Gasteiger partial charge in [-0.3, -0.25) is 9.10 Å². The van der Waals surface area contributed by atoms with E-state index < -0.39 is 22.5 Å². The third-order valence-corrected chi connectivity index (χ3v) is 7.29. The van der Waals surface area contributed by atoms with Gasteiger partial charge in [0, 0.05) is 10.2 Å². The predicted octanol–water partition coefficient (Wildman–Crippen LogP) is 5.26. The molecule has 0 aliphatic heterocycles. The number of sulfonamides is 1. The fourth-order valence-corrected chi connectivity index (χ4v) is 5.43. The Hall–Kier alpha value is -2.75. The summed E-state index contributed by atoms with van der Waals surface area (Å²) in [5.74, 6) is 0.0114. The lowest BCUT2D eigenvalue weighted by Gasteiger charge is -2.25. The van der Waals surface area contributed by atoms with Crippen LogP contribution in [-0.2, 0) is 14.8 Å². The molecule has 7 nitrogen and oxygen atoms in total. The highest BCUT2D eigenvalue weighted by Gasteiger charge is 2.30. The summed E-state index contributed by atoms with van der Waals surface area (Å²) in [5, 5.41) is 2.93. The summed E-state index contributed by atoms with van der Waals surface area (Å²) in [4.78, 5) is 12.8. The van der Waals surface area contributed by atoms with Crippen LogP contribution >= 0.6 is 27.5 Å². The number of hydrogen-bond acceptors (Lipinski definition) is 5. The van der Waals surface area contributed by atoms with Crippen LogP contribution in [0.3, 0.4) is 0 Å². The number of rotatable bonds is 8. The van der Waals surface area contributed by atoms with E-state index in [0.29, 0.717) is 11.4 Å². The van der Waals surface area contributed by atoms with Gasteiger partial charge in [0.05, 0.1) is 24.9 Å². The van der Waals surface area contributed by atoms with Crippen molar-refractivity contribution in [2.75, 3.05) is 30.4 Å². The van der Waals surface area contributed by atoms with Gasteiger partial charge in [-0.25, -0.2) is 8.42 Å². The number of ether oxygens (including phenoxy) is 2. The van der Waals surface area contributed by atoms with Crippen molar-refractivity contribution in [1.82, 2.24) is 0 Å². The number of methoxy groups -OCH3 is 2. The second-order valence-electron chi connectivity index (χ2n) is 7.04. The van der Waals surface area contributed by atoms with E-state index in [1.165, 1.54) is 32.4 Å². The van der Waals surface area contributed by atoms with E-state index >= 15 is 0 Å². The minimum atomic E-state index is -4.21. The Balaban J connectivity index is 2.06. The van der Waals surface area contributed by atoms with Crippen molar-refractivity contribution in [1.29, 1.82) is 0 Å². The number of anilines is 2. The lowest BCUT2D eigenvalue weighted by atomic mass is 10.2. The highest BCUT2D eigenvalue weighted by molar-refractivity contribution is 9.10. The molecule has 0 bridgehead atoms. The molecular weight excluding hydrogens is 532 g/mol. The summed E-state index contributed by atoms with van der Waals surface area (Å²) >= 11 is 9.61. The number of carbonyl (C=O) groups is 1. The predicted molar refractivity (Wildman–Crippen MR) is 133 cm³/mol. The molecule has 1 N–H and O–H groups in total. The van der Waals surface area contributed by atoms with Crippen molar-refractivity contribution < 1.29 is 22.7 Å². The molecule has 0 heterocycles. The number of nitrogens with one attached hydrogen (secondary N) is 1. The summed E-state index contributed by atoms with van der Waals surface area (Å²) in [7, 11) is -1.37. The number of aryl methyl sites for hydroxylation is 1. The Morgan fingerprint density at radius 2 is 1.73 bits per heavy atom. The number of nitrogens with zero attached hydrogens (tertiary/aromatic N) is 1. The number of carbonyl (C=O) groups excluding carboxylic acids is 1. The molecular formula is C23H22BrClN2O5S. The van der Waals surface area contributed by atoms with Crippen LogP contribution < -0.4 is 19.1 Å². The largest absolute Gasteiger partial charge is 0.495 e. The SMILES string of the molecule is COc1ccc(N(CC(=O)Nc2cccc(Br)c2)S(=O)(=O)c2cc(C)ccc2OC)cc1Cl. The normalized spacial score (nSPS) is 11.1. The third-order valence-electron chi connectivity index (χ3n) is 4.71. The molecule has 0 fully saturated rings. The highest BCUT2D eigenvalue weighted by Crippen LogP contribution is 2.34. The molecule has 3 aromatic carbocycles. The monoisotopic (exact) mass is 552 g/mol. The maximum absolute atomic E-state index is 13.8. The maximum Gasteiger partial charge on any atom is 0.268 e. The van der Waals surface area contributed by atoms with Crippen LogP contribution in [0.2, 0.25) is 5.02 Å². The minimum Gasteiger partial charge on any atom is -0.495 e. The van der Waals surface area contributed by atoms with Gasteiger partial charge in [0.1, 0.15) is 22.9 Å². The van der Waals surface area contributed by atoms with Crippen molar-refractivity contribution in [3.8, 4) is 11.5 Å². The Labute approximate surface area is 206 Å². The molecule has 3 aromatic rings. The summed E-state index contributed by atoms with van der Waals surface area (Å²) in [6, 6.07) is 16.3. The van der Waals surface area contributed by atoms with Crippen LogP contribution in [-0.4, -0.2) is 35.1 Å². The van der Waals surface area contributed by atoms with Gasteiger partial charge in [-0.05, 0) is 61.0 Å². The first-order valence-electron chi connectivity index (χ1n) is 9.72. The zero-order valence-electron chi connectivity index (χ0n) is 18.1. The zero-order valence-corrected chi connectivity index (χ0v) is 21.3. The summed E-state index contributed by atoms with van der Waals surface area (Å²) < 4.78 is 39.7. The maximum atomic E-state index is 13.8. The molecule has 0 saturated heterocycles. The quantitative estimate of drug-likeness (QED) is 0.411. The van der Waals surface area contributed by atoms with E-state index in [1.54, 1.807) is 43.3 Å². The molecule has 0 atom stereocenters. The van der Waals surface area contributed by atoms with Crippen molar-refractivity contribution in [3.05, 3.63) is 75.7 Å². The van der Waals surface area contributed by atoms with Gasteiger partial charge < -0.3 is 14.8 Å². The van der Waals surface area contributed by atoms with Crippen LogP contribution in [0, 0.1) is 6.92 Å². The lowest BCUT2D eigenvalue weighted by molar-refractivity contribution is -0.114. The van der Waals surface area contributed by atoms with E-state index in [9.17, 15) is 13.2 Å². The Kier molecular flexibility index (Phi) is 7.88. The molecule has 10 heteroatoms. The van der Waals surface area contributed by atoms with Gasteiger partial charge >= 0.3 is 0 Å². The van der Waals surface area contributed by atoms with Gasteiger partial charge in [0.2, 0.25) is 5.91 Å². The van der Waals surface area contributed by atoms with E-state index in [-0.39, 0.29) is 21.4 Å². The molecule has 3 rings (SSSR count). The van der Waals surface area contributed by atoms with Gasteiger partial charge in [-0.15, -0.1) is 0 Å². The van der Waals surface area contributed by atoms with E-state index in [2.05, 4.69) is 21.2 Å². The standard InChI is InChI=1S/C23H22BrClN2O5S/c1-15-7-9-21(32-3)22(11-15)33(29,30)27(18-8-10-20(31-2)19(25)13-18)14-23(28)26-17-6-4-5-16(24)12-17/h4-13H,14H2,1-3H3,(H,26,28). The van der Waals surface area contributed by atoms with E-state index in [4.69, 9.17) is 21.1 Å². The van der Waals surface area contributed by atoms with Crippen LogP contribution in [0.1, 0.15) is 5.56 Å². The first kappa shape index (κ1) is 24.9. The van der Waals surface area contributed by atoms with Gasteiger partial charge in [0.15, 0.2) is 0 Å². The van der Waals surface area contributed by atoms with Gasteiger partial charge in [-0.1, -0.05) is 39.7 Å². The Morgan fingerprint density at radius 1 is 1.03 bits per heavy atom. The van der Waals surface area contributed by atoms with Crippen molar-refractivity contribution >= 4 is 54.8 Å². The topological polar surface area (TPSA) is 84.9 Å². The Bertz CT molecular complexity index is 1280. The number of halogens is 2. The molecule has 0 unspecified atom stereocenters. The van der Waals surface area contributed by atoms with Gasteiger partial charge in [-0.2, -0.15) is 0 Å². The number of amides is 1. The molecule has 0 aliphatic rings. The van der Waals surface area contributed by atoms with Crippen molar-refractivity contribution in [2.45, 2.75) is 11.8 Å². The first-order valence-corrected chi connectivity index (χ1v) is 12.3. The summed E-state index contributed by atoms with van der Waals surface area (Å²) in [5.41, 5.74) is 1.45. The van der Waals surface area contributed by atoms with Crippen molar-refractivity contribution in [3.63, 3.8) is 0 Å². The van der Waals surface area contributed by atoms with Crippen LogP contribution in [0.25, 0.3) is 0 Å². The molecule has 0 aromatic heterocycles. The second-order valence-corrected chi connectivity index (χ2v) is 10.2. The van der Waals surface area contributed by atoms with E-state index in [1.807, 2.05) is 6.07 Å². The molecule has 0 saturated carbocycles. The summed E-state index contributed by atoms with van der Waals surface area (Å²) in [6.45, 7) is 1.28.